The van der Waals surface area contributed by atoms with Gasteiger partial charge in [0.1, 0.15) is 0 Å². The molecule has 5 heteroatoms. The van der Waals surface area contributed by atoms with E-state index in [1.807, 2.05) is 0 Å². The first-order valence-corrected chi connectivity index (χ1v) is 11.5. The summed E-state index contributed by atoms with van der Waals surface area (Å²) in [5.41, 5.74) is 0. The van der Waals surface area contributed by atoms with Gasteiger partial charge in [-0.1, -0.05) is 60.3 Å². The highest BCUT2D eigenvalue weighted by molar-refractivity contribution is 4.70. The van der Waals surface area contributed by atoms with Crippen molar-refractivity contribution in [3.63, 3.8) is 0 Å². The summed E-state index contributed by atoms with van der Waals surface area (Å²) in [6.45, 7) is 17.1. The minimum absolute atomic E-state index is 0.684. The SMILES string of the molecule is CC(C)CC1CCC(C)CC1.CCCNCCN(CCC)C(C)C.FC(F)F. The summed E-state index contributed by atoms with van der Waals surface area (Å²) < 4.78 is 29.0. The first-order valence-electron chi connectivity index (χ1n) is 11.5. The van der Waals surface area contributed by atoms with Crippen molar-refractivity contribution in [2.75, 3.05) is 26.2 Å². The predicted octanol–water partition coefficient (Wildman–Crippen LogP) is 7.14. The van der Waals surface area contributed by atoms with Gasteiger partial charge >= 0.3 is 6.68 Å². The molecule has 0 aromatic heterocycles. The highest BCUT2D eigenvalue weighted by Crippen LogP contribution is 2.31. The summed E-state index contributed by atoms with van der Waals surface area (Å²) in [6.07, 6.45) is 9.92. The molecule has 1 fully saturated rings. The Bertz CT molecular complexity index is 301. The second-order valence-electron chi connectivity index (χ2n) is 8.88. The molecule has 0 aromatic rings. The Hall–Kier alpha value is -0.290. The average Bonchev–Trinajstić information content (AvgIpc) is 2.59. The molecule has 0 saturated heterocycles. The van der Waals surface area contributed by atoms with Crippen LogP contribution in [0.25, 0.3) is 0 Å². The molecule has 172 valence electrons. The van der Waals surface area contributed by atoms with Crippen LogP contribution in [0.15, 0.2) is 0 Å². The van der Waals surface area contributed by atoms with E-state index >= 15 is 0 Å². The summed E-state index contributed by atoms with van der Waals surface area (Å²) >= 11 is 0. The van der Waals surface area contributed by atoms with Gasteiger partial charge in [0.2, 0.25) is 0 Å². The van der Waals surface area contributed by atoms with Crippen LogP contribution < -0.4 is 5.32 Å². The summed E-state index contributed by atoms with van der Waals surface area (Å²) in [4.78, 5) is 2.53. The lowest BCUT2D eigenvalue weighted by Crippen LogP contribution is -2.37. The number of nitrogens with zero attached hydrogens (tertiary/aromatic N) is 1. The largest absolute Gasteiger partial charge is 0.379 e. The first-order chi connectivity index (χ1) is 13.1. The number of halogens is 3. The lowest BCUT2D eigenvalue weighted by Gasteiger charge is -2.27. The molecule has 0 aromatic carbocycles. The molecular weight excluding hydrogens is 361 g/mol. The van der Waals surface area contributed by atoms with E-state index in [9.17, 15) is 13.2 Å². The van der Waals surface area contributed by atoms with Gasteiger partial charge in [0.05, 0.1) is 0 Å². The van der Waals surface area contributed by atoms with E-state index < -0.39 is 6.68 Å². The standard InChI is InChI=1S/C11H26N2.C11H22.CHF3/c1-5-7-12-8-10-13(9-6-2)11(3)4;1-9(2)8-11-6-4-10(3)5-7-11;2-1(3)4/h11-12H,5-10H2,1-4H3;9-11H,4-8H2,1-3H3;1H. The van der Waals surface area contributed by atoms with Gasteiger partial charge in [0.25, 0.3) is 0 Å². The van der Waals surface area contributed by atoms with Crippen LogP contribution >= 0.6 is 0 Å². The maximum absolute atomic E-state index is 9.67. The first kappa shape index (κ1) is 29.9. The Morgan fingerprint density at radius 3 is 1.79 bits per heavy atom. The quantitative estimate of drug-likeness (QED) is 0.385. The van der Waals surface area contributed by atoms with Crippen LogP contribution in [0.4, 0.5) is 13.2 Å². The number of hydrogen-bond acceptors (Lipinski definition) is 2. The molecule has 1 aliphatic carbocycles. The molecule has 0 unspecified atom stereocenters. The van der Waals surface area contributed by atoms with E-state index in [0.717, 1.165) is 30.8 Å². The molecule has 1 saturated carbocycles. The molecule has 0 atom stereocenters. The molecule has 0 amide bonds. The van der Waals surface area contributed by atoms with Gasteiger partial charge in [-0.2, -0.15) is 13.2 Å². The topological polar surface area (TPSA) is 15.3 Å². The van der Waals surface area contributed by atoms with Crippen molar-refractivity contribution >= 4 is 0 Å². The Kier molecular flexibility index (Phi) is 21.4. The van der Waals surface area contributed by atoms with E-state index in [0.29, 0.717) is 6.04 Å². The monoisotopic (exact) mass is 410 g/mol. The van der Waals surface area contributed by atoms with Gasteiger partial charge in [-0.05, 0) is 64.0 Å². The average molecular weight is 411 g/mol. The van der Waals surface area contributed by atoms with E-state index in [-0.39, 0.29) is 0 Å². The number of hydrogen-bond donors (Lipinski definition) is 1. The molecule has 1 aliphatic rings. The summed E-state index contributed by atoms with van der Waals surface area (Å²) in [5, 5.41) is 3.44. The van der Waals surface area contributed by atoms with Crippen LogP contribution in [0, 0.1) is 17.8 Å². The van der Waals surface area contributed by atoms with Crippen LogP contribution in [-0.4, -0.2) is 43.8 Å². The molecule has 0 aliphatic heterocycles. The minimum atomic E-state index is -3.67. The van der Waals surface area contributed by atoms with Crippen molar-refractivity contribution in [2.24, 2.45) is 17.8 Å². The molecule has 2 nitrogen and oxygen atoms in total. The van der Waals surface area contributed by atoms with Crippen molar-refractivity contribution in [3.05, 3.63) is 0 Å². The van der Waals surface area contributed by atoms with Crippen molar-refractivity contribution in [2.45, 2.75) is 106 Å². The summed E-state index contributed by atoms with van der Waals surface area (Å²) in [5.74, 6) is 2.98. The Morgan fingerprint density at radius 1 is 0.857 bits per heavy atom. The molecule has 28 heavy (non-hydrogen) atoms. The zero-order valence-electron chi connectivity index (χ0n) is 19.7. The third kappa shape index (κ3) is 22.0. The van der Waals surface area contributed by atoms with Crippen LogP contribution in [0.3, 0.4) is 0 Å². The maximum Gasteiger partial charge on any atom is 0.379 e. The van der Waals surface area contributed by atoms with Gasteiger partial charge in [-0.15, -0.1) is 0 Å². The molecule has 0 bridgehead atoms. The fourth-order valence-electron chi connectivity index (χ4n) is 3.67. The summed E-state index contributed by atoms with van der Waals surface area (Å²) in [6, 6.07) is 0.684. The summed E-state index contributed by atoms with van der Waals surface area (Å²) in [7, 11) is 0. The Balaban J connectivity index is 0. The van der Waals surface area contributed by atoms with Crippen molar-refractivity contribution in [3.8, 4) is 0 Å². The fourth-order valence-corrected chi connectivity index (χ4v) is 3.67. The molecule has 1 rings (SSSR count). The van der Waals surface area contributed by atoms with Crippen LogP contribution in [0.2, 0.25) is 0 Å². The fraction of sp³-hybridized carbons (Fsp3) is 1.00. The van der Waals surface area contributed by atoms with Crippen LogP contribution in [0.5, 0.6) is 0 Å². The molecule has 0 spiro atoms. The maximum atomic E-state index is 9.67. The molecule has 0 heterocycles. The lowest BCUT2D eigenvalue weighted by molar-refractivity contribution is 0.00819. The third-order valence-corrected chi connectivity index (χ3v) is 5.18. The van der Waals surface area contributed by atoms with Crippen molar-refractivity contribution in [1.82, 2.24) is 10.2 Å². The zero-order chi connectivity index (χ0) is 21.9. The number of alkyl halides is 3. The van der Waals surface area contributed by atoms with Gasteiger partial charge in [-0.3, -0.25) is 4.90 Å². The highest BCUT2D eigenvalue weighted by atomic mass is 19.4. The van der Waals surface area contributed by atoms with E-state index in [1.165, 1.54) is 58.0 Å². The van der Waals surface area contributed by atoms with Crippen molar-refractivity contribution in [1.29, 1.82) is 0 Å². The molecular formula is C23H49F3N2. The van der Waals surface area contributed by atoms with Gasteiger partial charge < -0.3 is 5.32 Å². The van der Waals surface area contributed by atoms with Gasteiger partial charge in [-0.25, -0.2) is 0 Å². The second-order valence-corrected chi connectivity index (χ2v) is 8.88. The molecule has 0 radical (unpaired) electrons. The van der Waals surface area contributed by atoms with E-state index in [2.05, 4.69) is 58.7 Å². The van der Waals surface area contributed by atoms with Crippen molar-refractivity contribution < 1.29 is 13.2 Å². The molecule has 1 N–H and O–H groups in total. The highest BCUT2D eigenvalue weighted by Gasteiger charge is 2.18. The number of rotatable bonds is 10. The van der Waals surface area contributed by atoms with Gasteiger partial charge in [0.15, 0.2) is 0 Å². The minimum Gasteiger partial charge on any atom is -0.315 e. The van der Waals surface area contributed by atoms with Crippen LogP contribution in [-0.2, 0) is 0 Å². The normalized spacial score (nSPS) is 19.5. The van der Waals surface area contributed by atoms with E-state index in [1.54, 1.807) is 0 Å². The Labute approximate surface area is 174 Å². The predicted molar refractivity (Wildman–Crippen MR) is 118 cm³/mol. The van der Waals surface area contributed by atoms with Gasteiger partial charge in [0, 0.05) is 19.1 Å². The zero-order valence-corrected chi connectivity index (χ0v) is 19.7. The third-order valence-electron chi connectivity index (χ3n) is 5.18. The second kappa shape index (κ2) is 20.0. The smallest absolute Gasteiger partial charge is 0.315 e. The Morgan fingerprint density at radius 2 is 1.39 bits per heavy atom. The number of nitrogens with one attached hydrogen (secondary N) is 1. The van der Waals surface area contributed by atoms with E-state index in [4.69, 9.17) is 0 Å². The van der Waals surface area contributed by atoms with Crippen LogP contribution in [0.1, 0.15) is 93.4 Å². The lowest BCUT2D eigenvalue weighted by atomic mass is 9.79.